The third-order valence-corrected chi connectivity index (χ3v) is 3.81. The number of H-pyrrole nitrogens is 1. The first-order valence-corrected chi connectivity index (χ1v) is 7.31. The van der Waals surface area contributed by atoms with Crippen molar-refractivity contribution in [2.75, 3.05) is 32.9 Å². The minimum absolute atomic E-state index is 0.228. The molecule has 1 aliphatic rings. The maximum absolute atomic E-state index is 12.1. The molecular weight excluding hydrogens is 288 g/mol. The predicted octanol–water partition coefficient (Wildman–Crippen LogP) is 0.700. The van der Waals surface area contributed by atoms with Gasteiger partial charge in [-0.25, -0.2) is 4.79 Å². The van der Waals surface area contributed by atoms with Crippen molar-refractivity contribution in [3.63, 3.8) is 0 Å². The summed E-state index contributed by atoms with van der Waals surface area (Å²) in [6.07, 6.45) is -0.673. The number of ether oxygens (including phenoxy) is 2. The highest BCUT2D eigenvalue weighted by Gasteiger charge is 2.23. The fourth-order valence-electron chi connectivity index (χ4n) is 2.70. The van der Waals surface area contributed by atoms with E-state index in [0.717, 1.165) is 5.69 Å². The SMILES string of the molecule is Cc1[nH]c(C(=O)OCC(=O)N2CCOCC2)c(C)c1[C@H](C)O. The smallest absolute Gasteiger partial charge is 0.355 e. The number of aliphatic hydroxyl groups excluding tert-OH is 1. The van der Waals surface area contributed by atoms with Crippen LogP contribution in [0.5, 0.6) is 0 Å². The number of aromatic nitrogens is 1. The lowest BCUT2D eigenvalue weighted by Gasteiger charge is -2.26. The van der Waals surface area contributed by atoms with Crippen molar-refractivity contribution >= 4 is 11.9 Å². The molecule has 0 bridgehead atoms. The van der Waals surface area contributed by atoms with E-state index in [4.69, 9.17) is 9.47 Å². The quantitative estimate of drug-likeness (QED) is 0.799. The zero-order valence-corrected chi connectivity index (χ0v) is 13.1. The van der Waals surface area contributed by atoms with Gasteiger partial charge in [-0.3, -0.25) is 4.79 Å². The first-order valence-electron chi connectivity index (χ1n) is 7.31. The van der Waals surface area contributed by atoms with Gasteiger partial charge in [0.25, 0.3) is 5.91 Å². The topological polar surface area (TPSA) is 91.9 Å². The number of esters is 1. The molecule has 1 aliphatic heterocycles. The van der Waals surface area contributed by atoms with E-state index in [0.29, 0.717) is 37.4 Å². The van der Waals surface area contributed by atoms with Crippen LogP contribution >= 0.6 is 0 Å². The number of aryl methyl sites for hydroxylation is 1. The highest BCUT2D eigenvalue weighted by atomic mass is 16.5. The summed E-state index contributed by atoms with van der Waals surface area (Å²) in [5, 5.41) is 9.72. The van der Waals surface area contributed by atoms with Gasteiger partial charge in [0.15, 0.2) is 6.61 Å². The van der Waals surface area contributed by atoms with Crippen LogP contribution in [0.1, 0.15) is 40.3 Å². The van der Waals surface area contributed by atoms with Gasteiger partial charge < -0.3 is 24.5 Å². The molecule has 2 heterocycles. The molecule has 0 radical (unpaired) electrons. The van der Waals surface area contributed by atoms with E-state index < -0.39 is 12.1 Å². The maximum atomic E-state index is 12.1. The maximum Gasteiger partial charge on any atom is 0.355 e. The molecule has 2 N–H and O–H groups in total. The zero-order valence-electron chi connectivity index (χ0n) is 13.1. The third kappa shape index (κ3) is 3.48. The Hall–Kier alpha value is -1.86. The Bertz CT molecular complexity index is 559. The van der Waals surface area contributed by atoms with E-state index >= 15 is 0 Å². The fraction of sp³-hybridized carbons (Fsp3) is 0.600. The van der Waals surface area contributed by atoms with E-state index in [-0.39, 0.29) is 18.2 Å². The predicted molar refractivity (Wildman–Crippen MR) is 78.6 cm³/mol. The van der Waals surface area contributed by atoms with Crippen molar-refractivity contribution < 1.29 is 24.2 Å². The highest BCUT2D eigenvalue weighted by Crippen LogP contribution is 2.24. The van der Waals surface area contributed by atoms with Crippen LogP contribution in [0.3, 0.4) is 0 Å². The number of carbonyl (C=O) groups excluding carboxylic acids is 2. The second kappa shape index (κ2) is 6.93. The molecule has 0 unspecified atom stereocenters. The summed E-state index contributed by atoms with van der Waals surface area (Å²) < 4.78 is 10.3. The summed E-state index contributed by atoms with van der Waals surface area (Å²) in [4.78, 5) is 28.6. The largest absolute Gasteiger partial charge is 0.451 e. The number of hydrogen-bond donors (Lipinski definition) is 2. The molecule has 22 heavy (non-hydrogen) atoms. The number of aromatic amines is 1. The molecule has 7 nitrogen and oxygen atoms in total. The van der Waals surface area contributed by atoms with Crippen molar-refractivity contribution in [2.45, 2.75) is 26.9 Å². The number of morpholine rings is 1. The minimum atomic E-state index is -0.673. The molecule has 0 aromatic carbocycles. The summed E-state index contributed by atoms with van der Waals surface area (Å²) in [6.45, 7) is 6.92. The van der Waals surface area contributed by atoms with Crippen molar-refractivity contribution in [2.24, 2.45) is 0 Å². The summed E-state index contributed by atoms with van der Waals surface area (Å²) in [6, 6.07) is 0. The van der Waals surface area contributed by atoms with E-state index in [1.807, 2.05) is 0 Å². The van der Waals surface area contributed by atoms with Gasteiger partial charge in [0.05, 0.1) is 19.3 Å². The number of hydrogen-bond acceptors (Lipinski definition) is 5. The molecule has 1 saturated heterocycles. The summed E-state index contributed by atoms with van der Waals surface area (Å²) in [5.41, 5.74) is 2.34. The lowest BCUT2D eigenvalue weighted by atomic mass is 10.1. The fourth-order valence-corrected chi connectivity index (χ4v) is 2.70. The van der Waals surface area contributed by atoms with Gasteiger partial charge in [-0.2, -0.15) is 0 Å². The second-order valence-electron chi connectivity index (χ2n) is 5.41. The number of carbonyl (C=O) groups is 2. The molecule has 122 valence electrons. The summed E-state index contributed by atoms with van der Waals surface area (Å²) in [5.74, 6) is -0.817. The van der Waals surface area contributed by atoms with Gasteiger partial charge in [0.1, 0.15) is 5.69 Å². The molecule has 1 aromatic heterocycles. The monoisotopic (exact) mass is 310 g/mol. The molecule has 0 aliphatic carbocycles. The molecule has 2 rings (SSSR count). The van der Waals surface area contributed by atoms with Gasteiger partial charge >= 0.3 is 5.97 Å². The van der Waals surface area contributed by atoms with Crippen LogP contribution in [0.15, 0.2) is 0 Å². The van der Waals surface area contributed by atoms with Crippen LogP contribution in [0.25, 0.3) is 0 Å². The lowest BCUT2D eigenvalue weighted by Crippen LogP contribution is -2.42. The van der Waals surface area contributed by atoms with Crippen LogP contribution in [0.2, 0.25) is 0 Å². The Balaban J connectivity index is 1.98. The van der Waals surface area contributed by atoms with Gasteiger partial charge in [0.2, 0.25) is 0 Å². The van der Waals surface area contributed by atoms with Crippen molar-refractivity contribution in [3.05, 3.63) is 22.5 Å². The second-order valence-corrected chi connectivity index (χ2v) is 5.41. The number of nitrogens with zero attached hydrogens (tertiary/aromatic N) is 1. The average Bonchev–Trinajstić information content (AvgIpc) is 2.80. The highest BCUT2D eigenvalue weighted by molar-refractivity contribution is 5.91. The Morgan fingerprint density at radius 1 is 1.36 bits per heavy atom. The van der Waals surface area contributed by atoms with Gasteiger partial charge in [-0.1, -0.05) is 0 Å². The summed E-state index contributed by atoms with van der Waals surface area (Å²) >= 11 is 0. The van der Waals surface area contributed by atoms with Gasteiger partial charge in [-0.05, 0) is 26.3 Å². The molecule has 0 spiro atoms. The number of rotatable bonds is 4. The first kappa shape index (κ1) is 16.5. The molecule has 0 saturated carbocycles. The molecular formula is C15H22N2O5. The number of nitrogens with one attached hydrogen (secondary N) is 1. The van der Waals surface area contributed by atoms with Crippen molar-refractivity contribution in [1.82, 2.24) is 9.88 Å². The van der Waals surface area contributed by atoms with Crippen molar-refractivity contribution in [3.8, 4) is 0 Å². The van der Waals surface area contributed by atoms with Crippen LogP contribution in [0.4, 0.5) is 0 Å². The lowest BCUT2D eigenvalue weighted by molar-refractivity contribution is -0.138. The Morgan fingerprint density at radius 3 is 2.55 bits per heavy atom. The van der Waals surface area contributed by atoms with E-state index in [2.05, 4.69) is 4.98 Å². The standard InChI is InChI=1S/C15H22N2O5/c1-9-13(11(3)18)10(2)16-14(9)15(20)22-8-12(19)17-4-6-21-7-5-17/h11,16,18H,4-8H2,1-3H3/t11-/m0/s1. The van der Waals surface area contributed by atoms with Crippen LogP contribution < -0.4 is 0 Å². The molecule has 1 amide bonds. The molecule has 7 heteroatoms. The minimum Gasteiger partial charge on any atom is -0.451 e. The van der Waals surface area contributed by atoms with E-state index in [9.17, 15) is 14.7 Å². The molecule has 1 fully saturated rings. The van der Waals surface area contributed by atoms with Crippen LogP contribution in [0, 0.1) is 13.8 Å². The summed E-state index contributed by atoms with van der Waals surface area (Å²) in [7, 11) is 0. The number of amides is 1. The van der Waals surface area contributed by atoms with Crippen LogP contribution in [-0.2, 0) is 14.3 Å². The third-order valence-electron chi connectivity index (χ3n) is 3.81. The van der Waals surface area contributed by atoms with Crippen molar-refractivity contribution in [1.29, 1.82) is 0 Å². The van der Waals surface area contributed by atoms with E-state index in [1.165, 1.54) is 0 Å². The number of aliphatic hydroxyl groups is 1. The first-order chi connectivity index (χ1) is 10.4. The van der Waals surface area contributed by atoms with Crippen LogP contribution in [-0.4, -0.2) is 59.8 Å². The Kier molecular flexibility index (Phi) is 5.20. The molecule has 1 aromatic rings. The Morgan fingerprint density at radius 2 is 2.00 bits per heavy atom. The average molecular weight is 310 g/mol. The van der Waals surface area contributed by atoms with Gasteiger partial charge in [0, 0.05) is 24.3 Å². The zero-order chi connectivity index (χ0) is 16.3. The molecule has 1 atom stereocenters. The van der Waals surface area contributed by atoms with E-state index in [1.54, 1.807) is 25.7 Å². The Labute approximate surface area is 129 Å². The van der Waals surface area contributed by atoms with Gasteiger partial charge in [-0.15, -0.1) is 0 Å². The normalized spacial score (nSPS) is 16.5.